The quantitative estimate of drug-likeness (QED) is 0.645. The molecule has 3 heterocycles. The van der Waals surface area contributed by atoms with Gasteiger partial charge in [-0.15, -0.1) is 0 Å². The second-order valence-corrected chi connectivity index (χ2v) is 8.77. The summed E-state index contributed by atoms with van der Waals surface area (Å²) in [7, 11) is 0. The van der Waals surface area contributed by atoms with Crippen LogP contribution in [0, 0.1) is 11.3 Å². The number of halogens is 1. The van der Waals surface area contributed by atoms with Gasteiger partial charge in [0.2, 0.25) is 5.91 Å². The number of carbonyl (C=O) groups excluding carboxylic acids is 2. The fraction of sp³-hybridized carbons (Fsp3) is 0.350. The van der Waals surface area contributed by atoms with Crippen LogP contribution in [-0.4, -0.2) is 23.5 Å². The van der Waals surface area contributed by atoms with Crippen molar-refractivity contribution in [2.75, 3.05) is 4.90 Å². The molecule has 0 aliphatic carbocycles. The third-order valence-corrected chi connectivity index (χ3v) is 5.97. The molecule has 0 saturated heterocycles. The van der Waals surface area contributed by atoms with Crippen molar-refractivity contribution in [3.63, 3.8) is 0 Å². The van der Waals surface area contributed by atoms with Crippen molar-refractivity contribution in [1.29, 1.82) is 5.26 Å². The lowest BCUT2D eigenvalue weighted by atomic mass is 9.67. The van der Waals surface area contributed by atoms with E-state index in [4.69, 9.17) is 10.5 Å². The van der Waals surface area contributed by atoms with Crippen LogP contribution in [0.3, 0.4) is 0 Å². The SMILES string of the molecule is CC(C)N1C(=O)[C@@]2(C(C#N)=C(N)NC3=C2C(=O)OC3(C)C)c2cc(Br)ccc21. The molecule has 144 valence electrons. The van der Waals surface area contributed by atoms with E-state index in [0.717, 1.165) is 4.47 Å². The second-order valence-electron chi connectivity index (χ2n) is 7.86. The first-order chi connectivity index (χ1) is 13.1. The van der Waals surface area contributed by atoms with Gasteiger partial charge in [0, 0.05) is 21.8 Å². The van der Waals surface area contributed by atoms with Gasteiger partial charge in [-0.05, 0) is 45.9 Å². The number of rotatable bonds is 1. The number of esters is 1. The number of dihydropyridines is 1. The molecular formula is C20H19BrN4O3. The third kappa shape index (κ3) is 2.02. The number of nitrogens with two attached hydrogens (primary N) is 1. The summed E-state index contributed by atoms with van der Waals surface area (Å²) < 4.78 is 6.29. The first kappa shape index (κ1) is 18.6. The molecule has 1 spiro atoms. The van der Waals surface area contributed by atoms with Gasteiger partial charge in [-0.1, -0.05) is 15.9 Å². The van der Waals surface area contributed by atoms with Crippen molar-refractivity contribution >= 4 is 33.5 Å². The molecule has 0 fully saturated rings. The molecule has 3 aliphatic rings. The molecule has 0 saturated carbocycles. The van der Waals surface area contributed by atoms with Gasteiger partial charge in [-0.3, -0.25) is 4.79 Å². The van der Waals surface area contributed by atoms with Gasteiger partial charge in [0.25, 0.3) is 0 Å². The smallest absolute Gasteiger partial charge is 0.338 e. The highest BCUT2D eigenvalue weighted by molar-refractivity contribution is 9.10. The second kappa shape index (κ2) is 5.61. The molecule has 7 nitrogen and oxygen atoms in total. The number of nitrogens with one attached hydrogen (secondary N) is 1. The lowest BCUT2D eigenvalue weighted by Crippen LogP contribution is -2.51. The van der Waals surface area contributed by atoms with Gasteiger partial charge >= 0.3 is 5.97 Å². The van der Waals surface area contributed by atoms with Gasteiger partial charge in [0.1, 0.15) is 22.9 Å². The summed E-state index contributed by atoms with van der Waals surface area (Å²) in [5, 5.41) is 12.9. The van der Waals surface area contributed by atoms with Crippen LogP contribution in [0.1, 0.15) is 33.3 Å². The summed E-state index contributed by atoms with van der Waals surface area (Å²) >= 11 is 3.45. The number of hydrogen-bond donors (Lipinski definition) is 2. The van der Waals surface area contributed by atoms with Gasteiger partial charge in [-0.25, -0.2) is 4.79 Å². The Bertz CT molecular complexity index is 1060. The monoisotopic (exact) mass is 442 g/mol. The topological polar surface area (TPSA) is 108 Å². The highest BCUT2D eigenvalue weighted by Crippen LogP contribution is 2.57. The zero-order chi connectivity index (χ0) is 20.6. The van der Waals surface area contributed by atoms with Crippen LogP contribution < -0.4 is 16.0 Å². The number of carbonyl (C=O) groups is 2. The fourth-order valence-corrected chi connectivity index (χ4v) is 4.74. The summed E-state index contributed by atoms with van der Waals surface area (Å²) in [5.74, 6) is -0.950. The minimum absolute atomic E-state index is 0.00778. The summed E-state index contributed by atoms with van der Waals surface area (Å²) in [4.78, 5) is 28.5. The summed E-state index contributed by atoms with van der Waals surface area (Å²) in [6.07, 6.45) is 0. The Morgan fingerprint density at radius 1 is 1.32 bits per heavy atom. The molecule has 4 rings (SSSR count). The maximum atomic E-state index is 13.9. The highest BCUT2D eigenvalue weighted by Gasteiger charge is 2.65. The first-order valence-electron chi connectivity index (χ1n) is 8.87. The molecule has 1 atom stereocenters. The van der Waals surface area contributed by atoms with E-state index in [1.54, 1.807) is 24.8 Å². The number of cyclic esters (lactones) is 1. The van der Waals surface area contributed by atoms with E-state index in [2.05, 4.69) is 27.3 Å². The maximum absolute atomic E-state index is 13.9. The predicted octanol–water partition coefficient (Wildman–Crippen LogP) is 2.33. The average Bonchev–Trinajstić information content (AvgIpc) is 2.97. The molecule has 28 heavy (non-hydrogen) atoms. The van der Waals surface area contributed by atoms with Crippen molar-refractivity contribution in [1.82, 2.24) is 5.32 Å². The maximum Gasteiger partial charge on any atom is 0.338 e. The Balaban J connectivity index is 2.18. The third-order valence-electron chi connectivity index (χ3n) is 5.47. The lowest BCUT2D eigenvalue weighted by Gasteiger charge is -2.35. The molecule has 3 aliphatic heterocycles. The minimum Gasteiger partial charge on any atom is -0.450 e. The number of hydrogen-bond acceptors (Lipinski definition) is 6. The van der Waals surface area contributed by atoms with Crippen LogP contribution in [0.5, 0.6) is 0 Å². The Morgan fingerprint density at radius 2 is 2.00 bits per heavy atom. The van der Waals surface area contributed by atoms with Crippen LogP contribution in [-0.2, 0) is 19.7 Å². The van der Waals surface area contributed by atoms with Gasteiger partial charge in [0.05, 0.1) is 16.8 Å². The van der Waals surface area contributed by atoms with Crippen LogP contribution >= 0.6 is 15.9 Å². The molecular weight excluding hydrogens is 424 g/mol. The van der Waals surface area contributed by atoms with E-state index >= 15 is 0 Å². The summed E-state index contributed by atoms with van der Waals surface area (Å²) in [6.45, 7) is 7.21. The number of anilines is 1. The molecule has 1 aromatic rings. The minimum atomic E-state index is -1.63. The van der Waals surface area contributed by atoms with Crippen molar-refractivity contribution in [3.8, 4) is 6.07 Å². The van der Waals surface area contributed by atoms with Crippen LogP contribution in [0.25, 0.3) is 0 Å². The van der Waals surface area contributed by atoms with Crippen LogP contribution in [0.15, 0.2) is 45.3 Å². The van der Waals surface area contributed by atoms with Crippen molar-refractivity contribution < 1.29 is 14.3 Å². The van der Waals surface area contributed by atoms with Gasteiger partial charge in [0.15, 0.2) is 0 Å². The summed E-state index contributed by atoms with van der Waals surface area (Å²) in [6, 6.07) is 7.31. The number of nitrogens with zero attached hydrogens (tertiary/aromatic N) is 2. The zero-order valence-corrected chi connectivity index (χ0v) is 17.5. The fourth-order valence-electron chi connectivity index (χ4n) is 4.38. The molecule has 0 aromatic heterocycles. The first-order valence-corrected chi connectivity index (χ1v) is 9.66. The number of amides is 1. The Labute approximate surface area is 170 Å². The molecule has 1 aromatic carbocycles. The largest absolute Gasteiger partial charge is 0.450 e. The highest BCUT2D eigenvalue weighted by atomic mass is 79.9. The van der Waals surface area contributed by atoms with E-state index in [1.807, 2.05) is 26.0 Å². The number of fused-ring (bicyclic) bond motifs is 3. The molecule has 0 bridgehead atoms. The van der Waals surface area contributed by atoms with E-state index in [-0.39, 0.29) is 28.9 Å². The van der Waals surface area contributed by atoms with Crippen molar-refractivity contribution in [2.24, 2.45) is 5.73 Å². The van der Waals surface area contributed by atoms with Crippen molar-refractivity contribution in [2.45, 2.75) is 44.8 Å². The Morgan fingerprint density at radius 3 is 2.61 bits per heavy atom. The van der Waals surface area contributed by atoms with E-state index in [9.17, 15) is 14.9 Å². The number of ether oxygens (including phenoxy) is 1. The van der Waals surface area contributed by atoms with Crippen molar-refractivity contribution in [3.05, 3.63) is 50.9 Å². The molecule has 1 amide bonds. The number of benzene rings is 1. The van der Waals surface area contributed by atoms with Gasteiger partial charge < -0.3 is 20.7 Å². The van der Waals surface area contributed by atoms with E-state index in [0.29, 0.717) is 16.9 Å². The average molecular weight is 443 g/mol. The Kier molecular flexibility index (Phi) is 3.72. The molecule has 8 heteroatoms. The molecule has 0 unspecified atom stereocenters. The predicted molar refractivity (Wildman–Crippen MR) is 106 cm³/mol. The van der Waals surface area contributed by atoms with Crippen LogP contribution in [0.4, 0.5) is 5.69 Å². The lowest BCUT2D eigenvalue weighted by molar-refractivity contribution is -0.145. The molecule has 3 N–H and O–H groups in total. The summed E-state index contributed by atoms with van der Waals surface area (Å²) in [5.41, 5.74) is 5.33. The normalized spacial score (nSPS) is 25.1. The zero-order valence-electron chi connectivity index (χ0n) is 15.9. The molecule has 0 radical (unpaired) electrons. The van der Waals surface area contributed by atoms with E-state index in [1.165, 1.54) is 0 Å². The van der Waals surface area contributed by atoms with E-state index < -0.39 is 17.0 Å². The Hall–Kier alpha value is -2.79. The van der Waals surface area contributed by atoms with Crippen LogP contribution in [0.2, 0.25) is 0 Å². The van der Waals surface area contributed by atoms with Gasteiger partial charge in [-0.2, -0.15) is 5.26 Å². The number of nitriles is 1. The standard InChI is InChI=1S/C20H19BrN4O3/c1-9(2)25-13-6-5-10(21)7-11(13)20(18(25)27)12(8-22)16(23)24-15-14(20)17(26)28-19(15,3)4/h5-7,9,24H,23H2,1-4H3/t20-/m1/s1.